The molecule has 1 atom stereocenters. The van der Waals surface area contributed by atoms with Crippen LogP contribution in [0.2, 0.25) is 5.02 Å². The first kappa shape index (κ1) is 18.2. The van der Waals surface area contributed by atoms with Crippen molar-refractivity contribution in [2.45, 2.75) is 13.0 Å². The van der Waals surface area contributed by atoms with Gasteiger partial charge in [-0.05, 0) is 41.5 Å². The number of fused-ring (bicyclic) bond motifs is 1. The largest absolute Gasteiger partial charge is 0.495 e. The van der Waals surface area contributed by atoms with Gasteiger partial charge in [0.15, 0.2) is 0 Å². The zero-order valence-corrected chi connectivity index (χ0v) is 15.5. The van der Waals surface area contributed by atoms with Crippen molar-refractivity contribution in [3.8, 4) is 5.75 Å². The molecule has 0 saturated heterocycles. The first-order valence-electron chi connectivity index (χ1n) is 8.43. The van der Waals surface area contributed by atoms with Crippen LogP contribution in [0.5, 0.6) is 5.75 Å². The van der Waals surface area contributed by atoms with Crippen molar-refractivity contribution in [3.63, 3.8) is 0 Å². The van der Waals surface area contributed by atoms with Crippen LogP contribution < -0.4 is 15.4 Å². The standard InChI is InChI=1S/C21H21ClN2O2/c1-14(17-9-5-7-15-6-3-4-8-18(15)17)23-13-21(25)24-19-12-16(22)10-11-20(19)26-2/h3-12,14,23H,13H2,1-2H3,(H,24,25)/t14-/m0/s1. The average molecular weight is 369 g/mol. The first-order chi connectivity index (χ1) is 12.6. The highest BCUT2D eigenvalue weighted by Crippen LogP contribution is 2.28. The summed E-state index contributed by atoms with van der Waals surface area (Å²) in [4.78, 5) is 12.3. The number of amides is 1. The van der Waals surface area contributed by atoms with E-state index in [1.165, 1.54) is 10.8 Å². The van der Waals surface area contributed by atoms with Crippen LogP contribution in [0.1, 0.15) is 18.5 Å². The molecule has 0 aliphatic carbocycles. The summed E-state index contributed by atoms with van der Waals surface area (Å²) in [7, 11) is 1.56. The molecule has 3 aromatic rings. The van der Waals surface area contributed by atoms with Crippen molar-refractivity contribution in [2.75, 3.05) is 19.0 Å². The van der Waals surface area contributed by atoms with Crippen LogP contribution in [-0.4, -0.2) is 19.6 Å². The van der Waals surface area contributed by atoms with Crippen molar-refractivity contribution in [1.29, 1.82) is 0 Å². The van der Waals surface area contributed by atoms with Gasteiger partial charge in [0.2, 0.25) is 5.91 Å². The fourth-order valence-corrected chi connectivity index (χ4v) is 3.13. The average Bonchev–Trinajstić information content (AvgIpc) is 2.66. The summed E-state index contributed by atoms with van der Waals surface area (Å²) in [5.41, 5.74) is 1.72. The van der Waals surface area contributed by atoms with E-state index >= 15 is 0 Å². The van der Waals surface area contributed by atoms with Gasteiger partial charge in [0.05, 0.1) is 19.3 Å². The van der Waals surface area contributed by atoms with E-state index < -0.39 is 0 Å². The highest BCUT2D eigenvalue weighted by Gasteiger charge is 2.12. The van der Waals surface area contributed by atoms with E-state index in [-0.39, 0.29) is 18.5 Å². The molecule has 0 spiro atoms. The number of anilines is 1. The lowest BCUT2D eigenvalue weighted by atomic mass is 10.00. The maximum Gasteiger partial charge on any atom is 0.238 e. The molecular weight excluding hydrogens is 348 g/mol. The monoisotopic (exact) mass is 368 g/mol. The molecule has 134 valence electrons. The van der Waals surface area contributed by atoms with Crippen molar-refractivity contribution < 1.29 is 9.53 Å². The molecule has 0 radical (unpaired) electrons. The Morgan fingerprint density at radius 1 is 1.12 bits per heavy atom. The second kappa shape index (κ2) is 8.21. The number of rotatable bonds is 6. The summed E-state index contributed by atoms with van der Waals surface area (Å²) >= 11 is 6.00. The highest BCUT2D eigenvalue weighted by atomic mass is 35.5. The van der Waals surface area contributed by atoms with E-state index in [9.17, 15) is 4.79 Å². The molecule has 0 fully saturated rings. The molecule has 5 heteroatoms. The number of benzene rings is 3. The number of methoxy groups -OCH3 is 1. The molecule has 0 heterocycles. The van der Waals surface area contributed by atoms with E-state index in [0.717, 1.165) is 5.56 Å². The zero-order chi connectivity index (χ0) is 18.5. The van der Waals surface area contributed by atoms with Crippen molar-refractivity contribution >= 4 is 34.0 Å². The van der Waals surface area contributed by atoms with Gasteiger partial charge in [-0.15, -0.1) is 0 Å². The van der Waals surface area contributed by atoms with Gasteiger partial charge in [0, 0.05) is 11.1 Å². The molecule has 0 unspecified atom stereocenters. The van der Waals surface area contributed by atoms with Crippen LogP contribution in [0.25, 0.3) is 10.8 Å². The van der Waals surface area contributed by atoms with Crippen molar-refractivity contribution in [3.05, 3.63) is 71.2 Å². The highest BCUT2D eigenvalue weighted by molar-refractivity contribution is 6.31. The Hall–Kier alpha value is -2.56. The summed E-state index contributed by atoms with van der Waals surface area (Å²) < 4.78 is 5.25. The van der Waals surface area contributed by atoms with Crippen molar-refractivity contribution in [1.82, 2.24) is 5.32 Å². The number of halogens is 1. The molecule has 4 nitrogen and oxygen atoms in total. The molecule has 0 aromatic heterocycles. The summed E-state index contributed by atoms with van der Waals surface area (Å²) in [6.07, 6.45) is 0. The summed E-state index contributed by atoms with van der Waals surface area (Å²) in [5, 5.41) is 9.03. The van der Waals surface area contributed by atoms with Crippen molar-refractivity contribution in [2.24, 2.45) is 0 Å². The van der Waals surface area contributed by atoms with E-state index in [4.69, 9.17) is 16.3 Å². The third-order valence-electron chi connectivity index (χ3n) is 4.29. The maximum absolute atomic E-state index is 12.3. The van der Waals surface area contributed by atoms with Gasteiger partial charge in [0.1, 0.15) is 5.75 Å². The lowest BCUT2D eigenvalue weighted by molar-refractivity contribution is -0.115. The molecule has 2 N–H and O–H groups in total. The normalized spacial score (nSPS) is 12.0. The lowest BCUT2D eigenvalue weighted by Gasteiger charge is -2.17. The van der Waals surface area contributed by atoms with Gasteiger partial charge in [-0.1, -0.05) is 54.1 Å². The SMILES string of the molecule is COc1ccc(Cl)cc1NC(=O)CN[C@@H](C)c1cccc2ccccc12. The molecule has 3 rings (SSSR count). The predicted octanol–water partition coefficient (Wildman–Crippen LogP) is 4.79. The van der Waals surface area contributed by atoms with Gasteiger partial charge in [0.25, 0.3) is 0 Å². The van der Waals surface area contributed by atoms with Crippen LogP contribution in [-0.2, 0) is 4.79 Å². The molecular formula is C21H21ClN2O2. The summed E-state index contributed by atoms with van der Waals surface area (Å²) in [5.74, 6) is 0.419. The summed E-state index contributed by atoms with van der Waals surface area (Å²) in [6, 6.07) is 19.6. The third kappa shape index (κ3) is 4.15. The Bertz CT molecular complexity index is 922. The molecule has 0 saturated carbocycles. The minimum Gasteiger partial charge on any atom is -0.495 e. The Balaban J connectivity index is 1.67. The van der Waals surface area contributed by atoms with Gasteiger partial charge in [-0.25, -0.2) is 0 Å². The molecule has 26 heavy (non-hydrogen) atoms. The van der Waals surface area contributed by atoms with E-state index in [1.807, 2.05) is 18.2 Å². The predicted molar refractivity (Wildman–Crippen MR) is 107 cm³/mol. The van der Waals surface area contributed by atoms with Gasteiger partial charge in [-0.2, -0.15) is 0 Å². The maximum atomic E-state index is 12.3. The Labute approximate surface area is 158 Å². The Kier molecular flexibility index (Phi) is 5.76. The second-order valence-electron chi connectivity index (χ2n) is 6.06. The number of hydrogen-bond acceptors (Lipinski definition) is 3. The minimum absolute atomic E-state index is 0.0353. The number of carbonyl (C=O) groups is 1. The third-order valence-corrected chi connectivity index (χ3v) is 4.53. The number of hydrogen-bond donors (Lipinski definition) is 2. The molecule has 0 bridgehead atoms. The van der Waals surface area contributed by atoms with Crippen LogP contribution >= 0.6 is 11.6 Å². The first-order valence-corrected chi connectivity index (χ1v) is 8.80. The fraction of sp³-hybridized carbons (Fsp3) is 0.190. The van der Waals surface area contributed by atoms with Gasteiger partial charge < -0.3 is 15.4 Å². The van der Waals surface area contributed by atoms with E-state index in [2.05, 4.69) is 41.8 Å². The fourth-order valence-electron chi connectivity index (χ4n) is 2.96. The second-order valence-corrected chi connectivity index (χ2v) is 6.50. The van der Waals surface area contributed by atoms with E-state index in [1.54, 1.807) is 25.3 Å². The van der Waals surface area contributed by atoms with Gasteiger partial charge in [-0.3, -0.25) is 4.79 Å². The van der Waals surface area contributed by atoms with Crippen LogP contribution in [0.15, 0.2) is 60.7 Å². The zero-order valence-electron chi connectivity index (χ0n) is 14.8. The van der Waals surface area contributed by atoms with E-state index in [0.29, 0.717) is 16.5 Å². The Morgan fingerprint density at radius 3 is 2.69 bits per heavy atom. The topological polar surface area (TPSA) is 50.4 Å². The summed E-state index contributed by atoms with van der Waals surface area (Å²) in [6.45, 7) is 2.23. The quantitative estimate of drug-likeness (QED) is 0.657. The lowest BCUT2D eigenvalue weighted by Crippen LogP contribution is -2.30. The van der Waals surface area contributed by atoms with Crippen LogP contribution in [0, 0.1) is 0 Å². The van der Waals surface area contributed by atoms with Gasteiger partial charge >= 0.3 is 0 Å². The molecule has 0 aliphatic heterocycles. The smallest absolute Gasteiger partial charge is 0.238 e. The molecule has 1 amide bonds. The van der Waals surface area contributed by atoms with Crippen LogP contribution in [0.4, 0.5) is 5.69 Å². The molecule has 3 aromatic carbocycles. The Morgan fingerprint density at radius 2 is 1.88 bits per heavy atom. The number of carbonyl (C=O) groups excluding carboxylic acids is 1. The molecule has 0 aliphatic rings. The minimum atomic E-state index is -0.155. The number of ether oxygens (including phenoxy) is 1. The number of nitrogens with one attached hydrogen (secondary N) is 2. The van der Waals surface area contributed by atoms with Crippen LogP contribution in [0.3, 0.4) is 0 Å².